The molecule has 0 unspecified atom stereocenters. The van der Waals surface area contributed by atoms with Crippen LogP contribution < -0.4 is 4.90 Å². The summed E-state index contributed by atoms with van der Waals surface area (Å²) in [5.41, 5.74) is 3.04. The summed E-state index contributed by atoms with van der Waals surface area (Å²) in [4.78, 5) is 2.42. The minimum atomic E-state index is 0.221. The van der Waals surface area contributed by atoms with Crippen LogP contribution in [0.1, 0.15) is 40.2 Å². The molecule has 0 fully saturated rings. The fourth-order valence-electron chi connectivity index (χ4n) is 1.95. The minimum absolute atomic E-state index is 0.221. The molecule has 0 N–H and O–H groups in total. The summed E-state index contributed by atoms with van der Waals surface area (Å²) in [6.45, 7) is 13.4. The largest absolute Gasteiger partial charge is 0.372 e. The van der Waals surface area contributed by atoms with Gasteiger partial charge in [0.25, 0.3) is 0 Å². The van der Waals surface area contributed by atoms with Gasteiger partial charge in [0.1, 0.15) is 0 Å². The number of anilines is 1. The van der Waals surface area contributed by atoms with Crippen molar-refractivity contribution in [2.24, 2.45) is 0 Å². The van der Waals surface area contributed by atoms with Gasteiger partial charge in [-0.2, -0.15) is 0 Å². The van der Waals surface area contributed by atoms with E-state index >= 15 is 0 Å². The molecular formula is C14H23N. The highest BCUT2D eigenvalue weighted by Gasteiger charge is 2.19. The van der Waals surface area contributed by atoms with E-state index in [1.807, 2.05) is 0 Å². The summed E-state index contributed by atoms with van der Waals surface area (Å²) < 4.78 is 0. The van der Waals surface area contributed by atoms with Crippen molar-refractivity contribution in [3.8, 4) is 0 Å². The normalized spacial score (nSPS) is 11.5. The molecule has 0 atom stereocenters. The Bertz CT molecular complexity index is 305. The highest BCUT2D eigenvalue weighted by atomic mass is 15.1. The molecular weight excluding hydrogens is 182 g/mol. The average molecular weight is 205 g/mol. The van der Waals surface area contributed by atoms with Crippen LogP contribution in [0.2, 0.25) is 0 Å². The monoisotopic (exact) mass is 205 g/mol. The van der Waals surface area contributed by atoms with Crippen LogP contribution in [-0.2, 0) is 5.41 Å². The maximum absolute atomic E-state index is 2.42. The van der Waals surface area contributed by atoms with Crippen LogP contribution in [0.3, 0.4) is 0 Å². The predicted octanol–water partition coefficient (Wildman–Crippen LogP) is 3.83. The van der Waals surface area contributed by atoms with Crippen LogP contribution in [0.25, 0.3) is 0 Å². The molecule has 0 saturated carbocycles. The van der Waals surface area contributed by atoms with Crippen LogP contribution in [0.5, 0.6) is 0 Å². The molecule has 15 heavy (non-hydrogen) atoms. The molecule has 0 amide bonds. The van der Waals surface area contributed by atoms with Crippen LogP contribution in [0, 0.1) is 0 Å². The Morgan fingerprint density at radius 2 is 1.53 bits per heavy atom. The SMILES string of the molecule is CCN(CC)c1ccccc1C(C)(C)C. The van der Waals surface area contributed by atoms with Gasteiger partial charge in [0.15, 0.2) is 0 Å². The lowest BCUT2D eigenvalue weighted by Gasteiger charge is -2.29. The Morgan fingerprint density at radius 1 is 1.00 bits per heavy atom. The van der Waals surface area contributed by atoms with Gasteiger partial charge in [-0.1, -0.05) is 39.0 Å². The van der Waals surface area contributed by atoms with Crippen LogP contribution in [0.15, 0.2) is 24.3 Å². The molecule has 0 spiro atoms. The van der Waals surface area contributed by atoms with Gasteiger partial charge < -0.3 is 4.90 Å². The van der Waals surface area contributed by atoms with Crippen molar-refractivity contribution in [1.82, 2.24) is 0 Å². The highest BCUT2D eigenvalue weighted by Crippen LogP contribution is 2.31. The lowest BCUT2D eigenvalue weighted by atomic mass is 9.85. The van der Waals surface area contributed by atoms with Crippen molar-refractivity contribution in [1.29, 1.82) is 0 Å². The molecule has 0 aliphatic carbocycles. The van der Waals surface area contributed by atoms with E-state index in [0.29, 0.717) is 0 Å². The fraction of sp³-hybridized carbons (Fsp3) is 0.571. The first-order chi connectivity index (χ1) is 7.00. The summed E-state index contributed by atoms with van der Waals surface area (Å²) in [6.07, 6.45) is 0. The van der Waals surface area contributed by atoms with E-state index in [1.54, 1.807) is 0 Å². The zero-order valence-corrected chi connectivity index (χ0v) is 10.7. The Hall–Kier alpha value is -0.980. The van der Waals surface area contributed by atoms with Gasteiger partial charge in [0.2, 0.25) is 0 Å². The van der Waals surface area contributed by atoms with E-state index in [4.69, 9.17) is 0 Å². The van der Waals surface area contributed by atoms with E-state index in [1.165, 1.54) is 11.3 Å². The van der Waals surface area contributed by atoms with E-state index in [-0.39, 0.29) is 5.41 Å². The Balaban J connectivity index is 3.17. The molecule has 0 heterocycles. The predicted molar refractivity (Wildman–Crippen MR) is 68.7 cm³/mol. The third-order valence-corrected chi connectivity index (χ3v) is 2.82. The molecule has 0 bridgehead atoms. The Labute approximate surface area is 94.1 Å². The molecule has 0 aromatic heterocycles. The molecule has 0 saturated heterocycles. The first-order valence-electron chi connectivity index (χ1n) is 5.85. The minimum Gasteiger partial charge on any atom is -0.372 e. The fourth-order valence-corrected chi connectivity index (χ4v) is 1.95. The van der Waals surface area contributed by atoms with Gasteiger partial charge >= 0.3 is 0 Å². The highest BCUT2D eigenvalue weighted by molar-refractivity contribution is 5.56. The summed E-state index contributed by atoms with van der Waals surface area (Å²) in [7, 11) is 0. The lowest BCUT2D eigenvalue weighted by molar-refractivity contribution is 0.587. The number of nitrogens with zero attached hydrogens (tertiary/aromatic N) is 1. The topological polar surface area (TPSA) is 3.24 Å². The molecule has 1 rings (SSSR count). The number of benzene rings is 1. The molecule has 0 aliphatic heterocycles. The lowest BCUT2D eigenvalue weighted by Crippen LogP contribution is -2.26. The zero-order valence-electron chi connectivity index (χ0n) is 10.7. The first-order valence-corrected chi connectivity index (χ1v) is 5.85. The van der Waals surface area contributed by atoms with Gasteiger partial charge in [-0.25, -0.2) is 0 Å². The van der Waals surface area contributed by atoms with Crippen molar-refractivity contribution < 1.29 is 0 Å². The molecule has 1 aromatic rings. The number of rotatable bonds is 3. The van der Waals surface area contributed by atoms with Crippen molar-refractivity contribution >= 4 is 5.69 Å². The molecule has 1 aromatic carbocycles. The van der Waals surface area contributed by atoms with Gasteiger partial charge in [-0.05, 0) is 30.9 Å². The second kappa shape index (κ2) is 4.69. The molecule has 0 aliphatic rings. The number of hydrogen-bond donors (Lipinski definition) is 0. The van der Waals surface area contributed by atoms with Gasteiger partial charge in [0, 0.05) is 18.8 Å². The summed E-state index contributed by atoms with van der Waals surface area (Å²) in [6, 6.07) is 8.73. The maximum atomic E-state index is 2.42. The zero-order chi connectivity index (χ0) is 11.5. The van der Waals surface area contributed by atoms with Gasteiger partial charge in [-0.3, -0.25) is 0 Å². The molecule has 1 nitrogen and oxygen atoms in total. The van der Waals surface area contributed by atoms with E-state index in [9.17, 15) is 0 Å². The number of para-hydroxylation sites is 1. The average Bonchev–Trinajstić information content (AvgIpc) is 2.19. The third-order valence-electron chi connectivity index (χ3n) is 2.82. The smallest absolute Gasteiger partial charge is 0.0403 e. The second-order valence-electron chi connectivity index (χ2n) is 4.94. The standard InChI is InChI=1S/C14H23N/c1-6-15(7-2)13-11-9-8-10-12(13)14(3,4)5/h8-11H,6-7H2,1-5H3. The van der Waals surface area contributed by atoms with Gasteiger partial charge in [-0.15, -0.1) is 0 Å². The second-order valence-corrected chi connectivity index (χ2v) is 4.94. The number of hydrogen-bond acceptors (Lipinski definition) is 1. The van der Waals surface area contributed by atoms with E-state index < -0.39 is 0 Å². The first kappa shape index (κ1) is 12.1. The van der Waals surface area contributed by atoms with E-state index in [2.05, 4.69) is 63.8 Å². The maximum Gasteiger partial charge on any atom is 0.0403 e. The molecule has 0 radical (unpaired) electrons. The Morgan fingerprint density at radius 3 is 2.00 bits per heavy atom. The van der Waals surface area contributed by atoms with E-state index in [0.717, 1.165) is 13.1 Å². The Kier molecular flexibility index (Phi) is 3.78. The van der Waals surface area contributed by atoms with Crippen LogP contribution >= 0.6 is 0 Å². The van der Waals surface area contributed by atoms with Crippen molar-refractivity contribution in [2.45, 2.75) is 40.0 Å². The van der Waals surface area contributed by atoms with Gasteiger partial charge in [0.05, 0.1) is 0 Å². The van der Waals surface area contributed by atoms with Crippen LogP contribution in [-0.4, -0.2) is 13.1 Å². The van der Waals surface area contributed by atoms with Crippen molar-refractivity contribution in [3.63, 3.8) is 0 Å². The summed E-state index contributed by atoms with van der Waals surface area (Å²) in [5, 5.41) is 0. The molecule has 84 valence electrons. The van der Waals surface area contributed by atoms with Crippen molar-refractivity contribution in [3.05, 3.63) is 29.8 Å². The van der Waals surface area contributed by atoms with Crippen LogP contribution in [0.4, 0.5) is 5.69 Å². The summed E-state index contributed by atoms with van der Waals surface area (Å²) >= 11 is 0. The summed E-state index contributed by atoms with van der Waals surface area (Å²) in [5.74, 6) is 0. The van der Waals surface area contributed by atoms with Crippen molar-refractivity contribution in [2.75, 3.05) is 18.0 Å². The quantitative estimate of drug-likeness (QED) is 0.725. The third kappa shape index (κ3) is 2.74. The molecule has 1 heteroatoms.